The molecule has 1 aliphatic heterocycles. The van der Waals surface area contributed by atoms with Gasteiger partial charge in [0.05, 0.1) is 44.5 Å². The van der Waals surface area contributed by atoms with E-state index in [1.165, 1.54) is 21.3 Å². The lowest BCUT2D eigenvalue weighted by Gasteiger charge is -2.14. The van der Waals surface area contributed by atoms with E-state index in [0.29, 0.717) is 33.3 Å². The summed E-state index contributed by atoms with van der Waals surface area (Å²) in [5.41, 5.74) is 0.872. The molecule has 0 fully saturated rings. The number of carbonyl (C=O) groups is 2. The largest absolute Gasteiger partial charge is 0.493 e. The number of benzene rings is 1. The topological polar surface area (TPSA) is 85.3 Å². The summed E-state index contributed by atoms with van der Waals surface area (Å²) < 4.78 is 15.5. The van der Waals surface area contributed by atoms with Crippen molar-refractivity contribution in [1.82, 2.24) is 4.90 Å². The average Bonchev–Trinajstić information content (AvgIpc) is 2.87. The molecule has 1 aliphatic rings. The highest BCUT2D eigenvalue weighted by Crippen LogP contribution is 2.38. The first-order chi connectivity index (χ1) is 12.1. The summed E-state index contributed by atoms with van der Waals surface area (Å²) in [4.78, 5) is 26.9. The standard InChI is InChI=1S/C17H21NO6S/c1-22-8-6-18-16(20)14(15(17(18)21)25-9-7-19)11-4-5-12(23-2)13(10-11)24-3/h4-5,10,19H,6-9H2,1-3H3. The van der Waals surface area contributed by atoms with Crippen molar-refractivity contribution in [2.24, 2.45) is 0 Å². The second-order valence-electron chi connectivity index (χ2n) is 5.10. The fourth-order valence-corrected chi connectivity index (χ4v) is 3.35. The van der Waals surface area contributed by atoms with Crippen molar-refractivity contribution in [3.8, 4) is 11.5 Å². The molecule has 0 aliphatic carbocycles. The number of ether oxygens (including phenoxy) is 3. The zero-order chi connectivity index (χ0) is 18.4. The molecule has 2 amide bonds. The average molecular weight is 367 g/mol. The number of aliphatic hydroxyl groups is 1. The Morgan fingerprint density at radius 1 is 1.08 bits per heavy atom. The second kappa shape index (κ2) is 8.89. The van der Waals surface area contributed by atoms with Crippen LogP contribution in [0.1, 0.15) is 5.56 Å². The van der Waals surface area contributed by atoms with Gasteiger partial charge in [0.15, 0.2) is 11.5 Å². The number of methoxy groups -OCH3 is 3. The van der Waals surface area contributed by atoms with E-state index >= 15 is 0 Å². The van der Waals surface area contributed by atoms with Crippen LogP contribution in [0.4, 0.5) is 0 Å². The Labute approximate surface area is 150 Å². The van der Waals surface area contributed by atoms with Crippen LogP contribution in [-0.4, -0.2) is 68.7 Å². The van der Waals surface area contributed by atoms with Gasteiger partial charge in [-0.25, -0.2) is 0 Å². The van der Waals surface area contributed by atoms with E-state index in [0.717, 1.165) is 16.7 Å². The van der Waals surface area contributed by atoms with Gasteiger partial charge < -0.3 is 19.3 Å². The smallest absolute Gasteiger partial charge is 0.268 e. The van der Waals surface area contributed by atoms with Crippen molar-refractivity contribution in [2.75, 3.05) is 46.8 Å². The van der Waals surface area contributed by atoms with Gasteiger partial charge in [-0.05, 0) is 17.7 Å². The highest BCUT2D eigenvalue weighted by Gasteiger charge is 2.39. The summed E-state index contributed by atoms with van der Waals surface area (Å²) in [7, 11) is 4.54. The van der Waals surface area contributed by atoms with Gasteiger partial charge in [-0.3, -0.25) is 14.5 Å². The number of thioether (sulfide) groups is 1. The zero-order valence-corrected chi connectivity index (χ0v) is 15.2. The molecule has 1 aromatic carbocycles. The molecule has 0 atom stereocenters. The molecule has 0 aromatic heterocycles. The summed E-state index contributed by atoms with van der Waals surface area (Å²) in [6.07, 6.45) is 0. The second-order valence-corrected chi connectivity index (χ2v) is 6.21. The van der Waals surface area contributed by atoms with Crippen molar-refractivity contribution in [3.63, 3.8) is 0 Å². The number of carbonyl (C=O) groups excluding carboxylic acids is 2. The quantitative estimate of drug-likeness (QED) is 0.656. The van der Waals surface area contributed by atoms with Gasteiger partial charge in [0.25, 0.3) is 11.8 Å². The van der Waals surface area contributed by atoms with E-state index < -0.39 is 0 Å². The highest BCUT2D eigenvalue weighted by atomic mass is 32.2. The van der Waals surface area contributed by atoms with Crippen LogP contribution in [-0.2, 0) is 14.3 Å². The van der Waals surface area contributed by atoms with Gasteiger partial charge in [-0.1, -0.05) is 6.07 Å². The molecule has 0 saturated carbocycles. The molecule has 1 heterocycles. The molecule has 8 heteroatoms. The first kappa shape index (κ1) is 19.3. The molecule has 0 unspecified atom stereocenters. The maximum absolute atomic E-state index is 12.8. The van der Waals surface area contributed by atoms with Gasteiger partial charge in [0.1, 0.15) is 0 Å². The summed E-state index contributed by atoms with van der Waals surface area (Å²) in [5.74, 6) is 0.572. The molecular weight excluding hydrogens is 346 g/mol. The molecule has 1 N–H and O–H groups in total. The Kier molecular flexibility index (Phi) is 6.86. The Balaban J connectivity index is 2.46. The lowest BCUT2D eigenvalue weighted by Crippen LogP contribution is -2.34. The number of rotatable bonds is 9. The summed E-state index contributed by atoms with van der Waals surface area (Å²) in [5, 5.41) is 9.08. The summed E-state index contributed by atoms with van der Waals surface area (Å²) in [6.45, 7) is 0.343. The number of hydrogen-bond acceptors (Lipinski definition) is 7. The number of imide groups is 1. The Morgan fingerprint density at radius 2 is 1.80 bits per heavy atom. The van der Waals surface area contributed by atoms with Gasteiger partial charge >= 0.3 is 0 Å². The van der Waals surface area contributed by atoms with Crippen molar-refractivity contribution in [3.05, 3.63) is 28.7 Å². The fourth-order valence-electron chi connectivity index (χ4n) is 2.47. The Bertz CT molecular complexity index is 688. The van der Waals surface area contributed by atoms with Gasteiger partial charge in [-0.15, -0.1) is 11.8 Å². The Morgan fingerprint density at radius 3 is 2.40 bits per heavy atom. The van der Waals surface area contributed by atoms with Crippen LogP contribution in [0, 0.1) is 0 Å². The van der Waals surface area contributed by atoms with E-state index in [2.05, 4.69) is 0 Å². The monoisotopic (exact) mass is 367 g/mol. The number of amides is 2. The summed E-state index contributed by atoms with van der Waals surface area (Å²) in [6, 6.07) is 5.06. The maximum atomic E-state index is 12.8. The van der Waals surface area contributed by atoms with E-state index in [-0.39, 0.29) is 31.6 Å². The van der Waals surface area contributed by atoms with E-state index in [1.807, 2.05) is 0 Å². The minimum absolute atomic E-state index is 0.0904. The molecule has 0 spiro atoms. The van der Waals surface area contributed by atoms with Gasteiger partial charge in [-0.2, -0.15) is 0 Å². The molecule has 0 radical (unpaired) electrons. The summed E-state index contributed by atoms with van der Waals surface area (Å²) >= 11 is 1.16. The predicted molar refractivity (Wildman–Crippen MR) is 94.6 cm³/mol. The lowest BCUT2D eigenvalue weighted by atomic mass is 10.1. The molecule has 2 rings (SSSR count). The van der Waals surface area contributed by atoms with E-state index in [1.54, 1.807) is 18.2 Å². The lowest BCUT2D eigenvalue weighted by molar-refractivity contribution is -0.137. The molecular formula is C17H21NO6S. The first-order valence-electron chi connectivity index (χ1n) is 7.64. The minimum atomic E-state index is -0.380. The molecule has 136 valence electrons. The van der Waals surface area contributed by atoms with Crippen LogP contribution >= 0.6 is 11.8 Å². The molecule has 1 aromatic rings. The van der Waals surface area contributed by atoms with Crippen LogP contribution < -0.4 is 9.47 Å². The van der Waals surface area contributed by atoms with Crippen molar-refractivity contribution < 1.29 is 28.9 Å². The van der Waals surface area contributed by atoms with Crippen LogP contribution in [0.5, 0.6) is 11.5 Å². The van der Waals surface area contributed by atoms with Crippen LogP contribution in [0.2, 0.25) is 0 Å². The fraction of sp³-hybridized carbons (Fsp3) is 0.412. The molecule has 0 bridgehead atoms. The third-order valence-electron chi connectivity index (χ3n) is 3.65. The molecule has 7 nitrogen and oxygen atoms in total. The van der Waals surface area contributed by atoms with E-state index in [9.17, 15) is 9.59 Å². The normalized spacial score (nSPS) is 14.5. The Hall–Kier alpha value is -2.03. The number of nitrogens with zero attached hydrogens (tertiary/aromatic N) is 1. The first-order valence-corrected chi connectivity index (χ1v) is 8.63. The zero-order valence-electron chi connectivity index (χ0n) is 14.4. The highest BCUT2D eigenvalue weighted by molar-refractivity contribution is 8.04. The van der Waals surface area contributed by atoms with Crippen LogP contribution in [0.15, 0.2) is 23.1 Å². The molecule has 25 heavy (non-hydrogen) atoms. The van der Waals surface area contributed by atoms with Gasteiger partial charge in [0, 0.05) is 12.9 Å². The van der Waals surface area contributed by atoms with Crippen LogP contribution in [0.3, 0.4) is 0 Å². The van der Waals surface area contributed by atoms with Crippen molar-refractivity contribution in [1.29, 1.82) is 0 Å². The van der Waals surface area contributed by atoms with E-state index in [4.69, 9.17) is 19.3 Å². The predicted octanol–water partition coefficient (Wildman–Crippen LogP) is 1.16. The third kappa shape index (κ3) is 3.97. The van der Waals surface area contributed by atoms with Crippen molar-refractivity contribution in [2.45, 2.75) is 0 Å². The minimum Gasteiger partial charge on any atom is -0.493 e. The number of hydrogen-bond donors (Lipinski definition) is 1. The van der Waals surface area contributed by atoms with Crippen molar-refractivity contribution >= 4 is 29.1 Å². The molecule has 0 saturated heterocycles. The SMILES string of the molecule is COCCN1C(=O)C(SCCO)=C(c2ccc(OC)c(OC)c2)C1=O. The van der Waals surface area contributed by atoms with Gasteiger partial charge in [0.2, 0.25) is 0 Å². The third-order valence-corrected chi connectivity index (χ3v) is 4.71. The number of aliphatic hydroxyl groups excluding tert-OH is 1. The maximum Gasteiger partial charge on any atom is 0.268 e. The van der Waals surface area contributed by atoms with Crippen LogP contribution in [0.25, 0.3) is 5.57 Å².